The van der Waals surface area contributed by atoms with Crippen molar-refractivity contribution < 1.29 is 4.79 Å². The summed E-state index contributed by atoms with van der Waals surface area (Å²) in [5.41, 5.74) is -0.965. The molecule has 0 bridgehead atoms. The van der Waals surface area contributed by atoms with Gasteiger partial charge in [0.2, 0.25) is 5.91 Å². The molecule has 1 fully saturated rings. The Labute approximate surface area is 88.1 Å². The van der Waals surface area contributed by atoms with Crippen molar-refractivity contribution in [2.75, 3.05) is 13.1 Å². The van der Waals surface area contributed by atoms with Crippen LogP contribution in [0.25, 0.3) is 0 Å². The van der Waals surface area contributed by atoms with Crippen LogP contribution in [0.15, 0.2) is 0 Å². The van der Waals surface area contributed by atoms with E-state index < -0.39 is 5.41 Å². The summed E-state index contributed by atoms with van der Waals surface area (Å²) in [5.74, 6) is -0.376. The smallest absolute Gasteiger partial charge is 0.244 e. The standard InChI is InChI=1S/C10H10N4O/c11-4-6-14(7-5-12)9(15)10(8-13)2-1-3-10/h1-3,6-7H2. The van der Waals surface area contributed by atoms with Crippen molar-refractivity contribution in [2.45, 2.75) is 19.3 Å². The summed E-state index contributed by atoms with van der Waals surface area (Å²) in [7, 11) is 0. The van der Waals surface area contributed by atoms with Crippen molar-refractivity contribution in [2.24, 2.45) is 5.41 Å². The number of nitrogens with zero attached hydrogens (tertiary/aromatic N) is 4. The zero-order valence-corrected chi connectivity index (χ0v) is 8.23. The average Bonchev–Trinajstić information content (AvgIpc) is 2.16. The Hall–Kier alpha value is -2.06. The maximum atomic E-state index is 11.9. The van der Waals surface area contributed by atoms with E-state index in [4.69, 9.17) is 15.8 Å². The lowest BCUT2D eigenvalue weighted by Gasteiger charge is -2.36. The minimum Gasteiger partial charge on any atom is -0.315 e. The van der Waals surface area contributed by atoms with E-state index in [9.17, 15) is 4.79 Å². The second-order valence-electron chi connectivity index (χ2n) is 3.52. The fourth-order valence-corrected chi connectivity index (χ4v) is 1.58. The van der Waals surface area contributed by atoms with Crippen LogP contribution in [-0.2, 0) is 4.79 Å². The molecular weight excluding hydrogens is 192 g/mol. The first kappa shape index (κ1) is 11.0. The second-order valence-corrected chi connectivity index (χ2v) is 3.52. The molecule has 0 radical (unpaired) electrons. The van der Waals surface area contributed by atoms with E-state index in [1.807, 2.05) is 18.2 Å². The van der Waals surface area contributed by atoms with Gasteiger partial charge in [-0.3, -0.25) is 4.79 Å². The summed E-state index contributed by atoms with van der Waals surface area (Å²) in [6.45, 7) is -0.258. The predicted octanol–water partition coefficient (Wildman–Crippen LogP) is 0.556. The van der Waals surface area contributed by atoms with Crippen LogP contribution >= 0.6 is 0 Å². The van der Waals surface area contributed by atoms with Gasteiger partial charge in [-0.15, -0.1) is 0 Å². The largest absolute Gasteiger partial charge is 0.315 e. The average molecular weight is 202 g/mol. The van der Waals surface area contributed by atoms with Crippen LogP contribution < -0.4 is 0 Å². The van der Waals surface area contributed by atoms with Crippen LogP contribution in [0.1, 0.15) is 19.3 Å². The molecule has 0 aromatic heterocycles. The summed E-state index contributed by atoms with van der Waals surface area (Å²) in [4.78, 5) is 13.0. The Morgan fingerprint density at radius 2 is 1.73 bits per heavy atom. The van der Waals surface area contributed by atoms with Gasteiger partial charge in [0, 0.05) is 0 Å². The van der Waals surface area contributed by atoms with Gasteiger partial charge in [-0.25, -0.2) is 0 Å². The number of hydrogen-bond acceptors (Lipinski definition) is 4. The Balaban J connectivity index is 2.77. The molecule has 0 spiro atoms. The first-order valence-electron chi connectivity index (χ1n) is 4.65. The monoisotopic (exact) mass is 202 g/mol. The van der Waals surface area contributed by atoms with Crippen molar-refractivity contribution in [3.05, 3.63) is 0 Å². The Morgan fingerprint density at radius 1 is 1.20 bits per heavy atom. The fraction of sp³-hybridized carbons (Fsp3) is 0.600. The van der Waals surface area contributed by atoms with E-state index in [0.29, 0.717) is 12.8 Å². The zero-order chi connectivity index (χ0) is 11.3. The molecule has 0 heterocycles. The summed E-state index contributed by atoms with van der Waals surface area (Å²) >= 11 is 0. The molecule has 1 saturated carbocycles. The predicted molar refractivity (Wildman–Crippen MR) is 49.7 cm³/mol. The first-order chi connectivity index (χ1) is 7.20. The van der Waals surface area contributed by atoms with E-state index in [-0.39, 0.29) is 19.0 Å². The topological polar surface area (TPSA) is 91.7 Å². The number of hydrogen-bond donors (Lipinski definition) is 0. The number of rotatable bonds is 3. The minimum absolute atomic E-state index is 0.129. The third-order valence-electron chi connectivity index (χ3n) is 2.64. The zero-order valence-electron chi connectivity index (χ0n) is 8.23. The number of amides is 1. The third kappa shape index (κ3) is 1.90. The van der Waals surface area contributed by atoms with Gasteiger partial charge in [0.25, 0.3) is 0 Å². The normalized spacial score (nSPS) is 16.3. The van der Waals surface area contributed by atoms with Crippen LogP contribution in [0.4, 0.5) is 0 Å². The lowest BCUT2D eigenvalue weighted by atomic mass is 9.69. The summed E-state index contributed by atoms with van der Waals surface area (Å²) in [5, 5.41) is 25.9. The maximum absolute atomic E-state index is 11.9. The van der Waals surface area contributed by atoms with Gasteiger partial charge in [0.1, 0.15) is 18.5 Å². The van der Waals surface area contributed by atoms with Gasteiger partial charge < -0.3 is 4.90 Å². The van der Waals surface area contributed by atoms with Crippen molar-refractivity contribution in [3.63, 3.8) is 0 Å². The highest BCUT2D eigenvalue weighted by molar-refractivity contribution is 5.86. The molecule has 0 aromatic carbocycles. The quantitative estimate of drug-likeness (QED) is 0.625. The fourth-order valence-electron chi connectivity index (χ4n) is 1.58. The SMILES string of the molecule is N#CCN(CC#N)C(=O)C1(C#N)CCC1. The van der Waals surface area contributed by atoms with E-state index in [1.54, 1.807) is 0 Å². The molecule has 76 valence electrons. The molecule has 15 heavy (non-hydrogen) atoms. The Morgan fingerprint density at radius 3 is 2.00 bits per heavy atom. The molecular formula is C10H10N4O. The van der Waals surface area contributed by atoms with Gasteiger partial charge in [0.05, 0.1) is 18.2 Å². The number of carbonyl (C=O) groups excluding carboxylic acids is 1. The van der Waals surface area contributed by atoms with Gasteiger partial charge in [-0.05, 0) is 19.3 Å². The van der Waals surface area contributed by atoms with Gasteiger partial charge in [-0.2, -0.15) is 15.8 Å². The maximum Gasteiger partial charge on any atom is 0.244 e. The second kappa shape index (κ2) is 4.44. The first-order valence-corrected chi connectivity index (χ1v) is 4.65. The molecule has 0 N–H and O–H groups in total. The molecule has 1 aliphatic rings. The van der Waals surface area contributed by atoms with Gasteiger partial charge in [-0.1, -0.05) is 0 Å². The van der Waals surface area contributed by atoms with Crippen molar-refractivity contribution in [3.8, 4) is 18.2 Å². The van der Waals surface area contributed by atoms with Crippen molar-refractivity contribution >= 4 is 5.91 Å². The third-order valence-corrected chi connectivity index (χ3v) is 2.64. The highest BCUT2D eigenvalue weighted by atomic mass is 16.2. The molecule has 5 heteroatoms. The number of nitriles is 3. The van der Waals surface area contributed by atoms with Crippen LogP contribution in [0, 0.1) is 39.4 Å². The van der Waals surface area contributed by atoms with Gasteiger partial charge in [0.15, 0.2) is 0 Å². The lowest BCUT2D eigenvalue weighted by molar-refractivity contribution is -0.141. The summed E-state index contributed by atoms with van der Waals surface area (Å²) < 4.78 is 0. The molecule has 5 nitrogen and oxygen atoms in total. The van der Waals surface area contributed by atoms with E-state index in [2.05, 4.69) is 0 Å². The summed E-state index contributed by atoms with van der Waals surface area (Å²) in [6, 6.07) is 5.65. The van der Waals surface area contributed by atoms with Crippen LogP contribution in [0.5, 0.6) is 0 Å². The molecule has 1 aliphatic carbocycles. The van der Waals surface area contributed by atoms with Crippen LogP contribution in [0.3, 0.4) is 0 Å². The van der Waals surface area contributed by atoms with Gasteiger partial charge >= 0.3 is 0 Å². The molecule has 0 aliphatic heterocycles. The lowest BCUT2D eigenvalue weighted by Crippen LogP contribution is -2.47. The highest BCUT2D eigenvalue weighted by Gasteiger charge is 2.46. The summed E-state index contributed by atoms with van der Waals surface area (Å²) in [6.07, 6.45) is 1.93. The van der Waals surface area contributed by atoms with Crippen LogP contribution in [-0.4, -0.2) is 23.9 Å². The Bertz CT molecular complexity index is 362. The van der Waals surface area contributed by atoms with Crippen molar-refractivity contribution in [1.29, 1.82) is 15.8 Å². The molecule has 1 amide bonds. The van der Waals surface area contributed by atoms with Crippen LogP contribution in [0.2, 0.25) is 0 Å². The molecule has 0 aromatic rings. The van der Waals surface area contributed by atoms with E-state index in [1.165, 1.54) is 0 Å². The molecule has 0 saturated heterocycles. The Kier molecular flexibility index (Phi) is 3.26. The van der Waals surface area contributed by atoms with E-state index in [0.717, 1.165) is 11.3 Å². The number of carbonyl (C=O) groups is 1. The molecule has 0 atom stereocenters. The molecule has 1 rings (SSSR count). The highest BCUT2D eigenvalue weighted by Crippen LogP contribution is 2.41. The molecule has 0 unspecified atom stereocenters. The minimum atomic E-state index is -0.965. The van der Waals surface area contributed by atoms with Crippen molar-refractivity contribution in [1.82, 2.24) is 4.90 Å². The van der Waals surface area contributed by atoms with E-state index >= 15 is 0 Å².